The van der Waals surface area contributed by atoms with Gasteiger partial charge in [-0.1, -0.05) is 67.4 Å². The normalized spacial score (nSPS) is 11.3. The summed E-state index contributed by atoms with van der Waals surface area (Å²) < 4.78 is 32.7. The summed E-state index contributed by atoms with van der Waals surface area (Å²) in [5, 5.41) is 3.04. The third kappa shape index (κ3) is 7.29. The predicted octanol–water partition coefficient (Wildman–Crippen LogP) is 5.18. The number of anilines is 1. The molecule has 0 bridgehead atoms. The zero-order chi connectivity index (χ0) is 25.6. The lowest BCUT2D eigenvalue weighted by Crippen LogP contribution is -2.27. The first-order valence-electron chi connectivity index (χ1n) is 10.7. The molecule has 0 saturated heterocycles. The summed E-state index contributed by atoms with van der Waals surface area (Å²) in [5.74, 6) is -0.553. The number of nitrogens with one attached hydrogen (secondary N) is 2. The van der Waals surface area contributed by atoms with Crippen molar-refractivity contribution in [3.05, 3.63) is 87.9 Å². The molecule has 3 rings (SSSR count). The van der Waals surface area contributed by atoms with Crippen LogP contribution in [-0.2, 0) is 14.8 Å². The Bertz CT molecular complexity index is 1330. The van der Waals surface area contributed by atoms with E-state index in [1.807, 2.05) is 13.8 Å². The molecule has 1 amide bonds. The minimum Gasteiger partial charge on any atom is -0.482 e. The Morgan fingerprint density at radius 1 is 0.971 bits per heavy atom. The van der Waals surface area contributed by atoms with E-state index in [1.165, 1.54) is 30.3 Å². The molecule has 0 radical (unpaired) electrons. The van der Waals surface area contributed by atoms with E-state index in [0.717, 1.165) is 0 Å². The number of ether oxygens (including phenoxy) is 1. The van der Waals surface area contributed by atoms with Gasteiger partial charge >= 0.3 is 0 Å². The molecule has 7 nitrogen and oxygen atoms in total. The SMILES string of the molecule is CC(C)CNS(=O)(=O)c1ccc(OCC(=O)Nc2ccc(Cl)cc2C(=O)c2ccccc2)c(Cl)c1. The Morgan fingerprint density at radius 2 is 1.69 bits per heavy atom. The third-order valence-electron chi connectivity index (χ3n) is 4.79. The van der Waals surface area contributed by atoms with E-state index in [4.69, 9.17) is 27.9 Å². The quantitative estimate of drug-likeness (QED) is 0.349. The largest absolute Gasteiger partial charge is 0.482 e. The van der Waals surface area contributed by atoms with Crippen LogP contribution in [0.5, 0.6) is 5.75 Å². The number of carbonyl (C=O) groups is 2. The van der Waals surface area contributed by atoms with Gasteiger partial charge in [0, 0.05) is 22.7 Å². The first-order valence-corrected chi connectivity index (χ1v) is 12.9. The van der Waals surface area contributed by atoms with Gasteiger partial charge in [0.25, 0.3) is 5.91 Å². The molecule has 0 unspecified atom stereocenters. The first-order chi connectivity index (χ1) is 16.6. The molecule has 0 aliphatic carbocycles. The number of carbonyl (C=O) groups excluding carboxylic acids is 2. The molecular formula is C25H24Cl2N2O5S. The van der Waals surface area contributed by atoms with E-state index in [9.17, 15) is 18.0 Å². The van der Waals surface area contributed by atoms with Gasteiger partial charge in [-0.3, -0.25) is 9.59 Å². The topological polar surface area (TPSA) is 102 Å². The molecule has 3 aromatic carbocycles. The summed E-state index contributed by atoms with van der Waals surface area (Å²) in [7, 11) is -3.72. The molecular weight excluding hydrogens is 511 g/mol. The van der Waals surface area contributed by atoms with E-state index >= 15 is 0 Å². The van der Waals surface area contributed by atoms with Crippen LogP contribution < -0.4 is 14.8 Å². The smallest absolute Gasteiger partial charge is 0.262 e. The van der Waals surface area contributed by atoms with Crippen LogP contribution in [0.2, 0.25) is 10.0 Å². The summed E-state index contributed by atoms with van der Waals surface area (Å²) in [5.41, 5.74) is 0.963. The van der Waals surface area contributed by atoms with Crippen molar-refractivity contribution >= 4 is 50.6 Å². The summed E-state index contributed by atoms with van der Waals surface area (Å²) in [6.45, 7) is 3.65. The molecule has 2 N–H and O–H groups in total. The highest BCUT2D eigenvalue weighted by atomic mass is 35.5. The molecule has 10 heteroatoms. The van der Waals surface area contributed by atoms with Crippen LogP contribution in [0, 0.1) is 5.92 Å². The van der Waals surface area contributed by atoms with Crippen molar-refractivity contribution in [3.63, 3.8) is 0 Å². The molecule has 0 aliphatic heterocycles. The lowest BCUT2D eigenvalue weighted by molar-refractivity contribution is -0.118. The van der Waals surface area contributed by atoms with Crippen molar-refractivity contribution in [2.45, 2.75) is 18.7 Å². The zero-order valence-electron chi connectivity index (χ0n) is 19.0. The van der Waals surface area contributed by atoms with E-state index in [1.54, 1.807) is 36.4 Å². The zero-order valence-corrected chi connectivity index (χ0v) is 21.4. The van der Waals surface area contributed by atoms with Gasteiger partial charge in [-0.2, -0.15) is 0 Å². The molecule has 3 aromatic rings. The van der Waals surface area contributed by atoms with Crippen molar-refractivity contribution in [1.82, 2.24) is 4.72 Å². The minimum atomic E-state index is -3.72. The molecule has 0 spiro atoms. The molecule has 35 heavy (non-hydrogen) atoms. The van der Waals surface area contributed by atoms with Crippen molar-refractivity contribution in [2.75, 3.05) is 18.5 Å². The number of hydrogen-bond donors (Lipinski definition) is 2. The first kappa shape index (κ1) is 26.7. The van der Waals surface area contributed by atoms with E-state index in [0.29, 0.717) is 10.6 Å². The molecule has 0 atom stereocenters. The van der Waals surface area contributed by atoms with Gasteiger partial charge in [0.2, 0.25) is 10.0 Å². The average Bonchev–Trinajstić information content (AvgIpc) is 2.83. The monoisotopic (exact) mass is 534 g/mol. The fourth-order valence-corrected chi connectivity index (χ4v) is 4.72. The second-order valence-corrected chi connectivity index (χ2v) is 10.7. The summed E-state index contributed by atoms with van der Waals surface area (Å²) in [6.07, 6.45) is 0. The van der Waals surface area contributed by atoms with E-state index < -0.39 is 22.5 Å². The van der Waals surface area contributed by atoms with E-state index in [-0.39, 0.29) is 45.2 Å². The highest BCUT2D eigenvalue weighted by Gasteiger charge is 2.18. The molecule has 0 saturated carbocycles. The minimum absolute atomic E-state index is 0.00909. The number of ketones is 1. The number of sulfonamides is 1. The van der Waals surface area contributed by atoms with Crippen LogP contribution in [-0.4, -0.2) is 33.3 Å². The highest BCUT2D eigenvalue weighted by molar-refractivity contribution is 7.89. The average molecular weight is 535 g/mol. The van der Waals surface area contributed by atoms with Gasteiger partial charge in [-0.15, -0.1) is 0 Å². The third-order valence-corrected chi connectivity index (χ3v) is 6.74. The summed E-state index contributed by atoms with van der Waals surface area (Å²) in [6, 6.07) is 17.2. The standard InChI is InChI=1S/C25H24Cl2N2O5S/c1-16(2)14-28-35(32,33)19-9-11-23(21(27)13-19)34-15-24(30)29-22-10-8-18(26)12-20(22)25(31)17-6-4-3-5-7-17/h3-13,16,28H,14-15H2,1-2H3,(H,29,30). The van der Waals surface area contributed by atoms with Crippen molar-refractivity contribution in [3.8, 4) is 5.75 Å². The Balaban J connectivity index is 1.69. The molecule has 0 aliphatic rings. The number of amides is 1. The van der Waals surface area contributed by atoms with Crippen LogP contribution in [0.15, 0.2) is 71.6 Å². The van der Waals surface area contributed by atoms with Crippen molar-refractivity contribution < 1.29 is 22.7 Å². The maximum atomic E-state index is 12.9. The van der Waals surface area contributed by atoms with Gasteiger partial charge in [0.15, 0.2) is 12.4 Å². The van der Waals surface area contributed by atoms with Crippen LogP contribution in [0.25, 0.3) is 0 Å². The van der Waals surface area contributed by atoms with Gasteiger partial charge in [0.1, 0.15) is 5.75 Å². The predicted molar refractivity (Wildman–Crippen MR) is 137 cm³/mol. The Labute approximate surface area is 214 Å². The number of hydrogen-bond acceptors (Lipinski definition) is 5. The van der Waals surface area contributed by atoms with Gasteiger partial charge in [0.05, 0.1) is 15.6 Å². The summed E-state index contributed by atoms with van der Waals surface area (Å²) in [4.78, 5) is 25.4. The van der Waals surface area contributed by atoms with Crippen LogP contribution >= 0.6 is 23.2 Å². The number of benzene rings is 3. The van der Waals surface area contributed by atoms with Crippen molar-refractivity contribution in [2.24, 2.45) is 5.92 Å². The molecule has 0 heterocycles. The van der Waals surface area contributed by atoms with Gasteiger partial charge in [-0.25, -0.2) is 13.1 Å². The maximum absolute atomic E-state index is 12.9. The van der Waals surface area contributed by atoms with Crippen LogP contribution in [0.4, 0.5) is 5.69 Å². The Kier molecular flexibility index (Phi) is 8.91. The Morgan fingerprint density at radius 3 is 2.34 bits per heavy atom. The fourth-order valence-electron chi connectivity index (χ4n) is 3.01. The summed E-state index contributed by atoms with van der Waals surface area (Å²) >= 11 is 12.3. The maximum Gasteiger partial charge on any atom is 0.262 e. The lowest BCUT2D eigenvalue weighted by atomic mass is 10.0. The molecule has 0 fully saturated rings. The second kappa shape index (κ2) is 11.7. The van der Waals surface area contributed by atoms with Gasteiger partial charge < -0.3 is 10.1 Å². The van der Waals surface area contributed by atoms with Crippen LogP contribution in [0.3, 0.4) is 0 Å². The van der Waals surface area contributed by atoms with Crippen LogP contribution in [0.1, 0.15) is 29.8 Å². The number of halogens is 2. The van der Waals surface area contributed by atoms with E-state index in [2.05, 4.69) is 10.0 Å². The highest BCUT2D eigenvalue weighted by Crippen LogP contribution is 2.28. The van der Waals surface area contributed by atoms with Gasteiger partial charge in [-0.05, 0) is 42.3 Å². The molecule has 184 valence electrons. The number of rotatable bonds is 10. The Hall–Kier alpha value is -2.91. The molecule has 0 aromatic heterocycles. The van der Waals surface area contributed by atoms with Crippen molar-refractivity contribution in [1.29, 1.82) is 0 Å². The second-order valence-electron chi connectivity index (χ2n) is 8.06. The lowest BCUT2D eigenvalue weighted by Gasteiger charge is -2.13. The fraction of sp³-hybridized carbons (Fsp3) is 0.200.